The van der Waals surface area contributed by atoms with E-state index < -0.39 is 0 Å². The molecule has 3 nitrogen and oxygen atoms in total. The molecule has 38 heavy (non-hydrogen) atoms. The minimum absolute atomic E-state index is 0.00583. The summed E-state index contributed by atoms with van der Waals surface area (Å²) in [4.78, 5) is 0. The van der Waals surface area contributed by atoms with Gasteiger partial charge >= 0.3 is 0 Å². The SMILES string of the molecule is CC(Nc1cc(CC(C)(C)c2cccc(CC3CCOC(C)(C)C3)c2)cc(C(C)(C)C)c1)C1CCOCC1. The van der Waals surface area contributed by atoms with Gasteiger partial charge in [-0.3, -0.25) is 0 Å². The van der Waals surface area contributed by atoms with Crippen molar-refractivity contribution in [2.24, 2.45) is 11.8 Å². The van der Waals surface area contributed by atoms with E-state index in [-0.39, 0.29) is 16.4 Å². The standard InChI is InChI=1S/C35H53NO2/c1-25(29-13-15-37-16-14-29)36-32-21-28(20-31(22-32)33(2,3)4)23-34(5,6)30-11-9-10-26(19-30)18-27-12-17-38-35(7,8)24-27/h9-11,19-22,25,27,29,36H,12-18,23-24H2,1-8H3. The molecule has 2 unspecified atom stereocenters. The van der Waals surface area contributed by atoms with E-state index in [0.717, 1.165) is 51.9 Å². The Bertz CT molecular complexity index is 1060. The summed E-state index contributed by atoms with van der Waals surface area (Å²) in [6, 6.07) is 17.1. The summed E-state index contributed by atoms with van der Waals surface area (Å²) in [7, 11) is 0. The zero-order chi connectivity index (χ0) is 27.6. The van der Waals surface area contributed by atoms with Crippen LogP contribution in [-0.2, 0) is 33.1 Å². The van der Waals surface area contributed by atoms with Crippen LogP contribution < -0.4 is 5.32 Å². The number of rotatable bonds is 8. The summed E-state index contributed by atoms with van der Waals surface area (Å²) in [6.07, 6.45) is 6.77. The van der Waals surface area contributed by atoms with Gasteiger partial charge < -0.3 is 14.8 Å². The maximum Gasteiger partial charge on any atom is 0.0629 e. The van der Waals surface area contributed by atoms with Gasteiger partial charge in [-0.15, -0.1) is 0 Å². The molecule has 3 heteroatoms. The van der Waals surface area contributed by atoms with Crippen LogP contribution in [0.3, 0.4) is 0 Å². The van der Waals surface area contributed by atoms with E-state index in [4.69, 9.17) is 9.47 Å². The van der Waals surface area contributed by atoms with Crippen LogP contribution in [0.5, 0.6) is 0 Å². The fraction of sp³-hybridized carbons (Fsp3) is 0.657. The first kappa shape index (κ1) is 29.2. The third-order valence-corrected chi connectivity index (χ3v) is 8.90. The van der Waals surface area contributed by atoms with E-state index in [9.17, 15) is 0 Å². The highest BCUT2D eigenvalue weighted by Crippen LogP contribution is 2.35. The number of benzene rings is 2. The Morgan fingerprint density at radius 3 is 2.29 bits per heavy atom. The molecule has 0 radical (unpaired) electrons. The van der Waals surface area contributed by atoms with Gasteiger partial charge in [-0.1, -0.05) is 65.0 Å². The molecule has 2 aromatic rings. The Hall–Kier alpha value is -1.84. The smallest absolute Gasteiger partial charge is 0.0629 e. The monoisotopic (exact) mass is 519 g/mol. The number of anilines is 1. The van der Waals surface area contributed by atoms with E-state index in [2.05, 4.69) is 103 Å². The molecular formula is C35H53NO2. The third kappa shape index (κ3) is 7.85. The van der Waals surface area contributed by atoms with Crippen molar-refractivity contribution in [1.29, 1.82) is 0 Å². The molecular weight excluding hydrogens is 466 g/mol. The highest BCUT2D eigenvalue weighted by Gasteiger charge is 2.29. The summed E-state index contributed by atoms with van der Waals surface area (Å²) in [5, 5.41) is 3.89. The summed E-state index contributed by atoms with van der Waals surface area (Å²) in [5.41, 5.74) is 7.15. The summed E-state index contributed by atoms with van der Waals surface area (Å²) in [6.45, 7) is 21.3. The van der Waals surface area contributed by atoms with Crippen LogP contribution in [0.25, 0.3) is 0 Å². The van der Waals surface area contributed by atoms with Crippen molar-refractivity contribution < 1.29 is 9.47 Å². The molecule has 2 atom stereocenters. The van der Waals surface area contributed by atoms with Gasteiger partial charge in [0.1, 0.15) is 0 Å². The molecule has 0 aliphatic carbocycles. The highest BCUT2D eigenvalue weighted by atomic mass is 16.5. The van der Waals surface area contributed by atoms with E-state index in [1.54, 1.807) is 0 Å². The van der Waals surface area contributed by atoms with E-state index in [0.29, 0.717) is 17.9 Å². The molecule has 0 bridgehead atoms. The van der Waals surface area contributed by atoms with E-state index in [1.165, 1.54) is 34.4 Å². The van der Waals surface area contributed by atoms with Crippen molar-refractivity contribution in [3.63, 3.8) is 0 Å². The Kier molecular flexibility index (Phi) is 8.99. The third-order valence-electron chi connectivity index (χ3n) is 8.90. The lowest BCUT2D eigenvalue weighted by Crippen LogP contribution is -2.34. The van der Waals surface area contributed by atoms with Gasteiger partial charge in [-0.25, -0.2) is 0 Å². The van der Waals surface area contributed by atoms with E-state index in [1.807, 2.05) is 0 Å². The zero-order valence-electron chi connectivity index (χ0n) is 25.5. The van der Waals surface area contributed by atoms with Crippen molar-refractivity contribution in [3.8, 4) is 0 Å². The lowest BCUT2D eigenvalue weighted by Gasteiger charge is -2.35. The van der Waals surface area contributed by atoms with Crippen molar-refractivity contribution in [3.05, 3.63) is 64.7 Å². The number of ether oxygens (including phenoxy) is 2. The number of nitrogens with one attached hydrogen (secondary N) is 1. The van der Waals surface area contributed by atoms with Gasteiger partial charge in [0.15, 0.2) is 0 Å². The average Bonchev–Trinajstić information content (AvgIpc) is 2.83. The topological polar surface area (TPSA) is 30.5 Å². The van der Waals surface area contributed by atoms with Gasteiger partial charge in [0.25, 0.3) is 0 Å². The van der Waals surface area contributed by atoms with Crippen LogP contribution in [0.2, 0.25) is 0 Å². The lowest BCUT2D eigenvalue weighted by molar-refractivity contribution is -0.0721. The predicted molar refractivity (Wildman–Crippen MR) is 161 cm³/mol. The molecule has 2 aliphatic rings. The van der Waals surface area contributed by atoms with Gasteiger partial charge in [0.2, 0.25) is 0 Å². The molecule has 0 amide bonds. The van der Waals surface area contributed by atoms with Crippen LogP contribution in [-0.4, -0.2) is 31.5 Å². The van der Waals surface area contributed by atoms with Gasteiger partial charge in [-0.2, -0.15) is 0 Å². The molecule has 0 spiro atoms. The predicted octanol–water partition coefficient (Wildman–Crippen LogP) is 8.48. The molecule has 0 saturated carbocycles. The second-order valence-electron chi connectivity index (χ2n) is 14.5. The first-order chi connectivity index (χ1) is 17.8. The van der Waals surface area contributed by atoms with E-state index >= 15 is 0 Å². The van der Waals surface area contributed by atoms with Crippen LogP contribution in [0.15, 0.2) is 42.5 Å². The molecule has 210 valence electrons. The Morgan fingerprint density at radius 2 is 1.61 bits per heavy atom. The van der Waals surface area contributed by atoms with Crippen molar-refractivity contribution in [1.82, 2.24) is 0 Å². The Balaban J connectivity index is 1.52. The second-order valence-corrected chi connectivity index (χ2v) is 14.5. The molecule has 2 fully saturated rings. The fourth-order valence-electron chi connectivity index (χ4n) is 6.50. The van der Waals surface area contributed by atoms with Crippen molar-refractivity contribution >= 4 is 5.69 Å². The van der Waals surface area contributed by atoms with Crippen molar-refractivity contribution in [2.75, 3.05) is 25.1 Å². The Labute approximate surface area is 233 Å². The van der Waals surface area contributed by atoms with Gasteiger partial charge in [0, 0.05) is 31.5 Å². The molecule has 4 rings (SSSR count). The summed E-state index contributed by atoms with van der Waals surface area (Å²) < 4.78 is 11.6. The lowest BCUT2D eigenvalue weighted by atomic mass is 9.76. The zero-order valence-corrected chi connectivity index (χ0v) is 25.5. The molecule has 1 N–H and O–H groups in total. The summed E-state index contributed by atoms with van der Waals surface area (Å²) >= 11 is 0. The van der Waals surface area contributed by atoms with Crippen molar-refractivity contribution in [2.45, 2.75) is 116 Å². The number of hydrogen-bond acceptors (Lipinski definition) is 3. The maximum absolute atomic E-state index is 5.97. The van der Waals surface area contributed by atoms with Gasteiger partial charge in [-0.05, 0) is 116 Å². The molecule has 2 heterocycles. The normalized spacial score (nSPS) is 21.7. The molecule has 2 aromatic carbocycles. The largest absolute Gasteiger partial charge is 0.382 e. The minimum atomic E-state index is 0.00583. The van der Waals surface area contributed by atoms with Crippen LogP contribution >= 0.6 is 0 Å². The highest BCUT2D eigenvalue weighted by molar-refractivity contribution is 5.52. The summed E-state index contributed by atoms with van der Waals surface area (Å²) in [5.74, 6) is 1.37. The minimum Gasteiger partial charge on any atom is -0.382 e. The van der Waals surface area contributed by atoms with Gasteiger partial charge in [0.05, 0.1) is 5.60 Å². The van der Waals surface area contributed by atoms with Crippen LogP contribution in [0, 0.1) is 11.8 Å². The number of hydrogen-bond donors (Lipinski definition) is 1. The Morgan fingerprint density at radius 1 is 0.895 bits per heavy atom. The maximum atomic E-state index is 5.97. The van der Waals surface area contributed by atoms with Crippen LogP contribution in [0.4, 0.5) is 5.69 Å². The average molecular weight is 520 g/mol. The molecule has 2 aliphatic heterocycles. The van der Waals surface area contributed by atoms with Crippen LogP contribution in [0.1, 0.15) is 103 Å². The fourth-order valence-corrected chi connectivity index (χ4v) is 6.50. The first-order valence-electron chi connectivity index (χ1n) is 15.0. The molecule has 0 aromatic heterocycles. The molecule has 2 saturated heterocycles. The second kappa shape index (κ2) is 11.7. The quantitative estimate of drug-likeness (QED) is 0.379. The first-order valence-corrected chi connectivity index (χ1v) is 15.0.